The van der Waals surface area contributed by atoms with Gasteiger partial charge in [0.2, 0.25) is 17.7 Å². The molecule has 3 aliphatic rings. The number of unbranched alkanes of at least 4 members (excludes halogenated alkanes) is 2. The van der Waals surface area contributed by atoms with E-state index in [0.29, 0.717) is 13.1 Å². The Balaban J connectivity index is 1.66. The Hall–Kier alpha value is -2.06. The third-order valence-corrected chi connectivity index (χ3v) is 11.0. The molecule has 3 fully saturated rings. The van der Waals surface area contributed by atoms with Gasteiger partial charge in [0.05, 0.1) is 29.2 Å². The van der Waals surface area contributed by atoms with E-state index in [4.69, 9.17) is 0 Å². The normalized spacial score (nSPS) is 31.8. The number of rotatable bonds is 12. The van der Waals surface area contributed by atoms with E-state index >= 15 is 0 Å². The van der Waals surface area contributed by atoms with Gasteiger partial charge in [0.25, 0.3) is 0 Å². The Labute approximate surface area is 225 Å². The first-order valence-electron chi connectivity index (χ1n) is 14.0. The zero-order valence-corrected chi connectivity index (χ0v) is 23.5. The molecule has 37 heavy (non-hydrogen) atoms. The van der Waals surface area contributed by atoms with Crippen LogP contribution < -0.4 is 10.6 Å². The summed E-state index contributed by atoms with van der Waals surface area (Å²) in [6.07, 6.45) is 5.27. The number of fused-ring (bicyclic) bond motifs is 1. The van der Waals surface area contributed by atoms with Crippen LogP contribution in [0.3, 0.4) is 0 Å². The van der Waals surface area contributed by atoms with Crippen LogP contribution >= 0.6 is 11.8 Å². The molecule has 1 spiro atoms. The highest BCUT2D eigenvalue weighted by Gasteiger charge is 2.77. The predicted octanol–water partition coefficient (Wildman–Crippen LogP) is 3.50. The van der Waals surface area contributed by atoms with Crippen LogP contribution in [0.2, 0.25) is 0 Å². The van der Waals surface area contributed by atoms with Crippen molar-refractivity contribution in [1.82, 2.24) is 15.5 Å². The lowest BCUT2D eigenvalue weighted by molar-refractivity contribution is -0.144. The summed E-state index contributed by atoms with van der Waals surface area (Å²) >= 11 is 1.68. The number of aliphatic hydroxyl groups excluding tert-OH is 1. The van der Waals surface area contributed by atoms with Gasteiger partial charge < -0.3 is 20.6 Å². The fourth-order valence-electron chi connectivity index (χ4n) is 6.81. The minimum Gasteiger partial charge on any atom is -0.394 e. The second kappa shape index (κ2) is 11.4. The van der Waals surface area contributed by atoms with E-state index in [9.17, 15) is 19.5 Å². The van der Waals surface area contributed by atoms with E-state index in [0.717, 1.165) is 44.1 Å². The summed E-state index contributed by atoms with van der Waals surface area (Å²) < 4.78 is -1.06. The summed E-state index contributed by atoms with van der Waals surface area (Å²) in [7, 11) is 0. The molecule has 3 heterocycles. The summed E-state index contributed by atoms with van der Waals surface area (Å²) in [4.78, 5) is 43.5. The molecule has 0 radical (unpaired) electrons. The first-order valence-corrected chi connectivity index (χ1v) is 14.8. The molecular weight excluding hydrogens is 486 g/mol. The number of benzene rings is 1. The monoisotopic (exact) mass is 529 g/mol. The van der Waals surface area contributed by atoms with Crippen molar-refractivity contribution in [2.45, 2.75) is 94.3 Å². The van der Waals surface area contributed by atoms with Gasteiger partial charge in [-0.25, -0.2) is 0 Å². The molecule has 2 bridgehead atoms. The minimum absolute atomic E-state index is 0.0303. The van der Waals surface area contributed by atoms with Gasteiger partial charge in [0.1, 0.15) is 6.04 Å². The molecule has 2 unspecified atom stereocenters. The van der Waals surface area contributed by atoms with Crippen LogP contribution in [0.15, 0.2) is 30.3 Å². The Morgan fingerprint density at radius 2 is 1.86 bits per heavy atom. The molecule has 7 atom stereocenters. The number of nitrogens with zero attached hydrogens (tertiary/aromatic N) is 1. The number of thioether (sulfide) groups is 1. The molecule has 7 nitrogen and oxygen atoms in total. The molecule has 204 valence electrons. The van der Waals surface area contributed by atoms with Crippen molar-refractivity contribution in [2.75, 3.05) is 13.2 Å². The molecule has 3 saturated heterocycles. The van der Waals surface area contributed by atoms with Gasteiger partial charge in [-0.05, 0) is 37.7 Å². The van der Waals surface area contributed by atoms with Gasteiger partial charge in [-0.2, -0.15) is 0 Å². The van der Waals surface area contributed by atoms with Crippen LogP contribution in [0, 0.1) is 17.8 Å². The number of carbonyl (C=O) groups is 3. The average molecular weight is 530 g/mol. The number of hydrogen-bond donors (Lipinski definition) is 3. The molecule has 3 aliphatic heterocycles. The molecular formula is C29H43N3O4S. The Morgan fingerprint density at radius 1 is 1.14 bits per heavy atom. The van der Waals surface area contributed by atoms with Crippen LogP contribution in [0.1, 0.15) is 71.8 Å². The highest BCUT2D eigenvalue weighted by Crippen LogP contribution is 2.71. The van der Waals surface area contributed by atoms with Gasteiger partial charge in [-0.15, -0.1) is 11.8 Å². The van der Waals surface area contributed by atoms with Crippen molar-refractivity contribution in [2.24, 2.45) is 17.8 Å². The Bertz CT molecular complexity index is 991. The van der Waals surface area contributed by atoms with Gasteiger partial charge in [-0.1, -0.05) is 70.4 Å². The Morgan fingerprint density at radius 3 is 2.51 bits per heavy atom. The number of aliphatic hydroxyl groups is 1. The molecule has 0 aromatic heterocycles. The van der Waals surface area contributed by atoms with Crippen LogP contribution in [0.4, 0.5) is 0 Å². The zero-order chi connectivity index (χ0) is 26.8. The van der Waals surface area contributed by atoms with Crippen LogP contribution in [0.25, 0.3) is 0 Å². The maximum absolute atomic E-state index is 14.3. The molecule has 3 N–H and O–H groups in total. The fraction of sp³-hybridized carbons (Fsp3) is 0.690. The number of carbonyl (C=O) groups excluding carboxylic acids is 3. The Kier molecular flexibility index (Phi) is 8.58. The summed E-state index contributed by atoms with van der Waals surface area (Å²) in [5.41, 5.74) is 1.01. The first-order chi connectivity index (χ1) is 17.7. The molecule has 0 aliphatic carbocycles. The number of nitrogens with one attached hydrogen (secondary N) is 2. The molecule has 3 amide bonds. The van der Waals surface area contributed by atoms with E-state index in [1.807, 2.05) is 44.2 Å². The fourth-order valence-corrected chi connectivity index (χ4v) is 9.16. The predicted molar refractivity (Wildman–Crippen MR) is 147 cm³/mol. The second-order valence-corrected chi connectivity index (χ2v) is 13.2. The van der Waals surface area contributed by atoms with Crippen LogP contribution in [-0.4, -0.2) is 62.5 Å². The molecule has 4 rings (SSSR count). The highest BCUT2D eigenvalue weighted by atomic mass is 32.2. The first kappa shape index (κ1) is 28.0. The van der Waals surface area contributed by atoms with Gasteiger partial charge >= 0.3 is 0 Å². The summed E-state index contributed by atoms with van der Waals surface area (Å²) in [5, 5.41) is 16.6. The zero-order valence-electron chi connectivity index (χ0n) is 22.7. The quantitative estimate of drug-likeness (QED) is 0.360. The van der Waals surface area contributed by atoms with Crippen molar-refractivity contribution >= 4 is 29.5 Å². The standard InChI is InChI=1S/C29H43N3O4S/c1-5-7-11-16-30-26(35)24-29-15-14-28(4,37-29)22(25(34)31-17-20-12-9-8-10-13-20)23(29)27(36)32(24)21(18-33)19(3)6-2/h8-10,12-13,19,21-24,33H,5-7,11,14-18H2,1-4H3,(H,30,35)(H,31,34)/t19-,21-,22+,23-,24?,28-,29?/m0/s1. The summed E-state index contributed by atoms with van der Waals surface area (Å²) in [6, 6.07) is 8.63. The maximum atomic E-state index is 14.3. The second-order valence-electron chi connectivity index (χ2n) is 11.3. The van der Waals surface area contributed by atoms with Crippen molar-refractivity contribution < 1.29 is 19.5 Å². The van der Waals surface area contributed by atoms with Crippen molar-refractivity contribution in [3.63, 3.8) is 0 Å². The molecule has 0 saturated carbocycles. The van der Waals surface area contributed by atoms with Gasteiger partial charge in [0, 0.05) is 17.8 Å². The number of amides is 3. The third kappa shape index (κ3) is 4.91. The van der Waals surface area contributed by atoms with E-state index in [1.165, 1.54) is 0 Å². The average Bonchev–Trinajstić information content (AvgIpc) is 3.47. The lowest BCUT2D eigenvalue weighted by Crippen LogP contribution is -2.57. The van der Waals surface area contributed by atoms with Crippen LogP contribution in [-0.2, 0) is 20.9 Å². The molecule has 8 heteroatoms. The lowest BCUT2D eigenvalue weighted by Gasteiger charge is -2.39. The van der Waals surface area contributed by atoms with Gasteiger partial charge in [-0.3, -0.25) is 14.4 Å². The maximum Gasteiger partial charge on any atom is 0.244 e. The van der Waals surface area contributed by atoms with E-state index in [2.05, 4.69) is 24.5 Å². The van der Waals surface area contributed by atoms with Crippen molar-refractivity contribution in [1.29, 1.82) is 0 Å². The SMILES string of the molecule is CCCCCNC(=O)C1N([C@@H](CO)[C@@H](C)CC)C(=O)[C@@H]2[C@H](C(=O)NCc3ccccc3)[C@]3(C)CCC12S3. The smallest absolute Gasteiger partial charge is 0.244 e. The largest absolute Gasteiger partial charge is 0.394 e. The van der Waals surface area contributed by atoms with E-state index in [-0.39, 0.29) is 30.2 Å². The number of hydrogen-bond acceptors (Lipinski definition) is 5. The van der Waals surface area contributed by atoms with Gasteiger partial charge in [0.15, 0.2) is 0 Å². The highest BCUT2D eigenvalue weighted by molar-refractivity contribution is 8.02. The molecule has 1 aromatic carbocycles. The van der Waals surface area contributed by atoms with Crippen molar-refractivity contribution in [3.05, 3.63) is 35.9 Å². The lowest BCUT2D eigenvalue weighted by atomic mass is 9.66. The van der Waals surface area contributed by atoms with Crippen molar-refractivity contribution in [3.8, 4) is 0 Å². The summed E-state index contributed by atoms with van der Waals surface area (Å²) in [5.74, 6) is -1.47. The third-order valence-electron chi connectivity index (χ3n) is 8.98. The van der Waals surface area contributed by atoms with E-state index < -0.39 is 33.4 Å². The van der Waals surface area contributed by atoms with Crippen LogP contribution in [0.5, 0.6) is 0 Å². The topological polar surface area (TPSA) is 98.7 Å². The molecule has 1 aromatic rings. The minimum atomic E-state index is -0.684. The van der Waals surface area contributed by atoms with E-state index in [1.54, 1.807) is 16.7 Å². The summed E-state index contributed by atoms with van der Waals surface area (Å²) in [6.45, 7) is 9.04. The number of likely N-dealkylation sites (tertiary alicyclic amines) is 1.